The molecule has 1 amide bonds. The second-order valence-electron chi connectivity index (χ2n) is 7.17. The van der Waals surface area contributed by atoms with Gasteiger partial charge in [-0.1, -0.05) is 57.9 Å². The van der Waals surface area contributed by atoms with Crippen molar-refractivity contribution >= 4 is 60.9 Å². The van der Waals surface area contributed by atoms with Crippen LogP contribution in [0.1, 0.15) is 46.1 Å². The van der Waals surface area contributed by atoms with E-state index in [2.05, 4.69) is 33.1 Å². The lowest BCUT2D eigenvalue weighted by molar-refractivity contribution is 0.0970. The molecule has 0 spiro atoms. The van der Waals surface area contributed by atoms with Crippen molar-refractivity contribution in [1.82, 2.24) is 10.2 Å². The number of aromatic nitrogens is 2. The van der Waals surface area contributed by atoms with Crippen molar-refractivity contribution in [1.29, 1.82) is 0 Å². The number of aryl methyl sites for hydroxylation is 1. The van der Waals surface area contributed by atoms with Gasteiger partial charge in [-0.25, -0.2) is 0 Å². The van der Waals surface area contributed by atoms with Crippen molar-refractivity contribution in [3.8, 4) is 0 Å². The zero-order valence-electron chi connectivity index (χ0n) is 16.3. The van der Waals surface area contributed by atoms with Gasteiger partial charge in [0.05, 0.1) is 17.0 Å². The minimum Gasteiger partial charge on any atom is -0.450 e. The van der Waals surface area contributed by atoms with Gasteiger partial charge in [0.2, 0.25) is 10.9 Å². The number of carbonyl (C=O) groups excluding carboxylic acids is 1. The molecule has 6 nitrogen and oxygen atoms in total. The molecule has 156 valence electrons. The molecule has 0 saturated carbocycles. The van der Waals surface area contributed by atoms with E-state index in [-0.39, 0.29) is 11.2 Å². The normalized spacial score (nSPS) is 15.6. The Labute approximate surface area is 194 Å². The van der Waals surface area contributed by atoms with E-state index in [1.54, 1.807) is 42.5 Å². The molecule has 0 radical (unpaired) electrons. The Kier molecular flexibility index (Phi) is 5.16. The molecule has 2 aromatic carbocycles. The van der Waals surface area contributed by atoms with Crippen LogP contribution in [0.4, 0.5) is 5.13 Å². The number of carbonyl (C=O) groups is 1. The number of rotatable bonds is 4. The Morgan fingerprint density at radius 3 is 2.68 bits per heavy atom. The molecule has 4 aromatic rings. The van der Waals surface area contributed by atoms with Crippen molar-refractivity contribution in [2.75, 3.05) is 4.90 Å². The molecular formula is C22H15BrClN3O3S. The second kappa shape index (κ2) is 7.85. The van der Waals surface area contributed by atoms with Gasteiger partial charge >= 0.3 is 0 Å². The van der Waals surface area contributed by atoms with Gasteiger partial charge in [0.25, 0.3) is 5.91 Å². The molecule has 5 rings (SSSR count). The minimum atomic E-state index is -0.679. The number of hydrogen-bond acceptors (Lipinski definition) is 6. The van der Waals surface area contributed by atoms with Crippen LogP contribution in [0.2, 0.25) is 5.02 Å². The highest BCUT2D eigenvalue weighted by Gasteiger charge is 2.45. The Morgan fingerprint density at radius 1 is 1.16 bits per heavy atom. The number of benzene rings is 2. The molecule has 0 bridgehead atoms. The summed E-state index contributed by atoms with van der Waals surface area (Å²) in [7, 11) is 0. The van der Waals surface area contributed by atoms with Crippen LogP contribution in [0, 0.1) is 0 Å². The average Bonchev–Trinajstić information content (AvgIpc) is 3.32. The fourth-order valence-electron chi connectivity index (χ4n) is 3.76. The molecule has 31 heavy (non-hydrogen) atoms. The van der Waals surface area contributed by atoms with E-state index < -0.39 is 11.9 Å². The number of anilines is 1. The number of halogens is 2. The van der Waals surface area contributed by atoms with Gasteiger partial charge in [-0.2, -0.15) is 0 Å². The van der Waals surface area contributed by atoms with E-state index >= 15 is 0 Å². The van der Waals surface area contributed by atoms with Gasteiger partial charge in [0.1, 0.15) is 10.6 Å². The van der Waals surface area contributed by atoms with Gasteiger partial charge in [-0.05, 0) is 42.3 Å². The average molecular weight is 517 g/mol. The summed E-state index contributed by atoms with van der Waals surface area (Å²) >= 11 is 10.8. The van der Waals surface area contributed by atoms with Crippen LogP contribution in [-0.2, 0) is 6.42 Å². The first-order valence-corrected chi connectivity index (χ1v) is 11.6. The molecule has 0 fully saturated rings. The summed E-state index contributed by atoms with van der Waals surface area (Å²) in [6.45, 7) is 2.06. The highest BCUT2D eigenvalue weighted by Crippen LogP contribution is 2.42. The predicted molar refractivity (Wildman–Crippen MR) is 124 cm³/mol. The van der Waals surface area contributed by atoms with Crippen LogP contribution in [0.25, 0.3) is 11.0 Å². The lowest BCUT2D eigenvalue weighted by Gasteiger charge is -2.22. The summed E-state index contributed by atoms with van der Waals surface area (Å²) < 4.78 is 6.71. The van der Waals surface area contributed by atoms with E-state index in [0.717, 1.165) is 27.9 Å². The molecule has 2 aromatic heterocycles. The standard InChI is InChI=1S/C22H15BrClN3O3S/c1-2-3-16-25-26-22(31-16)27-18(11-4-7-13(24)8-5-11)17-19(28)14-10-12(23)6-9-15(14)30-20(17)21(27)29/h4-10,18H,2-3H2,1H3. The van der Waals surface area contributed by atoms with E-state index in [1.807, 2.05) is 0 Å². The molecular weight excluding hydrogens is 502 g/mol. The molecule has 0 aliphatic carbocycles. The lowest BCUT2D eigenvalue weighted by Crippen LogP contribution is -2.29. The smallest absolute Gasteiger partial charge is 0.297 e. The Balaban J connectivity index is 1.77. The third-order valence-electron chi connectivity index (χ3n) is 5.14. The van der Waals surface area contributed by atoms with Crippen LogP contribution < -0.4 is 10.3 Å². The fraction of sp³-hybridized carbons (Fsp3) is 0.182. The summed E-state index contributed by atoms with van der Waals surface area (Å²) in [5.74, 6) is -0.372. The molecule has 0 N–H and O–H groups in total. The van der Waals surface area contributed by atoms with E-state index in [4.69, 9.17) is 16.0 Å². The van der Waals surface area contributed by atoms with Crippen LogP contribution in [0.5, 0.6) is 0 Å². The number of nitrogens with zero attached hydrogens (tertiary/aromatic N) is 3. The highest BCUT2D eigenvalue weighted by molar-refractivity contribution is 9.10. The van der Waals surface area contributed by atoms with Crippen LogP contribution in [0.15, 0.2) is 56.1 Å². The molecule has 1 aliphatic rings. The molecule has 1 atom stereocenters. The van der Waals surface area contributed by atoms with E-state index in [0.29, 0.717) is 26.7 Å². The fourth-order valence-corrected chi connectivity index (χ4v) is 5.21. The van der Waals surface area contributed by atoms with Gasteiger partial charge in [0.15, 0.2) is 5.43 Å². The molecule has 1 aliphatic heterocycles. The SMILES string of the molecule is CCCc1nnc(N2C(=O)c3oc4ccc(Br)cc4c(=O)c3C2c2ccc(Cl)cc2)s1. The van der Waals surface area contributed by atoms with Crippen LogP contribution in [0.3, 0.4) is 0 Å². The zero-order chi connectivity index (χ0) is 21.7. The number of amides is 1. The third kappa shape index (κ3) is 3.39. The maximum absolute atomic E-state index is 13.5. The minimum absolute atomic E-state index is 0.0343. The maximum atomic E-state index is 13.5. The molecule has 0 saturated heterocycles. The zero-order valence-corrected chi connectivity index (χ0v) is 19.4. The summed E-state index contributed by atoms with van der Waals surface area (Å²) in [6, 6.07) is 11.6. The highest BCUT2D eigenvalue weighted by atomic mass is 79.9. The summed E-state index contributed by atoms with van der Waals surface area (Å²) in [6.07, 6.45) is 1.69. The number of fused-ring (bicyclic) bond motifs is 2. The van der Waals surface area contributed by atoms with Gasteiger partial charge in [0, 0.05) is 15.9 Å². The maximum Gasteiger partial charge on any atom is 0.297 e. The first-order valence-electron chi connectivity index (χ1n) is 9.65. The van der Waals surface area contributed by atoms with Crippen molar-refractivity contribution in [3.63, 3.8) is 0 Å². The quantitative estimate of drug-likeness (QED) is 0.344. The lowest BCUT2D eigenvalue weighted by atomic mass is 9.99. The van der Waals surface area contributed by atoms with Crippen molar-refractivity contribution in [3.05, 3.63) is 84.1 Å². The van der Waals surface area contributed by atoms with E-state index in [1.165, 1.54) is 16.2 Å². The van der Waals surface area contributed by atoms with Crippen molar-refractivity contribution < 1.29 is 9.21 Å². The first kappa shape index (κ1) is 20.4. The predicted octanol–water partition coefficient (Wildman–Crippen LogP) is 5.76. The Morgan fingerprint density at radius 2 is 1.94 bits per heavy atom. The van der Waals surface area contributed by atoms with Crippen LogP contribution >= 0.6 is 38.9 Å². The first-order chi connectivity index (χ1) is 15.0. The molecule has 3 heterocycles. The monoisotopic (exact) mass is 515 g/mol. The van der Waals surface area contributed by atoms with Gasteiger partial charge in [-0.15, -0.1) is 10.2 Å². The summed E-state index contributed by atoms with van der Waals surface area (Å²) in [5, 5.41) is 10.7. The Bertz CT molecular complexity index is 1380. The topological polar surface area (TPSA) is 76.3 Å². The molecule has 1 unspecified atom stereocenters. The van der Waals surface area contributed by atoms with Crippen LogP contribution in [-0.4, -0.2) is 16.1 Å². The number of hydrogen-bond donors (Lipinski definition) is 0. The second-order valence-corrected chi connectivity index (χ2v) is 9.56. The molecule has 9 heteroatoms. The summed E-state index contributed by atoms with van der Waals surface area (Å²) in [4.78, 5) is 28.5. The Hall–Kier alpha value is -2.55. The summed E-state index contributed by atoms with van der Waals surface area (Å²) in [5.41, 5.74) is 1.16. The third-order valence-corrected chi connectivity index (χ3v) is 6.87. The largest absolute Gasteiger partial charge is 0.450 e. The van der Waals surface area contributed by atoms with E-state index in [9.17, 15) is 9.59 Å². The van der Waals surface area contributed by atoms with Gasteiger partial charge in [-0.3, -0.25) is 14.5 Å². The van der Waals surface area contributed by atoms with Crippen molar-refractivity contribution in [2.45, 2.75) is 25.8 Å². The van der Waals surface area contributed by atoms with Gasteiger partial charge < -0.3 is 4.42 Å². The van der Waals surface area contributed by atoms with Crippen molar-refractivity contribution in [2.24, 2.45) is 0 Å².